The van der Waals surface area contributed by atoms with Crippen LogP contribution >= 0.6 is 12.4 Å². The molecule has 4 nitrogen and oxygen atoms in total. The molecule has 0 saturated carbocycles. The number of ether oxygens (including phenoxy) is 1. The normalized spacial score (nSPS) is 27.8. The van der Waals surface area contributed by atoms with Crippen molar-refractivity contribution in [1.82, 2.24) is 10.2 Å². The predicted molar refractivity (Wildman–Crippen MR) is 74.0 cm³/mol. The Morgan fingerprint density at radius 2 is 2.00 bits per heavy atom. The van der Waals surface area contributed by atoms with Crippen LogP contribution in [0.2, 0.25) is 0 Å². The molecule has 2 saturated heterocycles. The van der Waals surface area contributed by atoms with Gasteiger partial charge < -0.3 is 15.0 Å². The molecule has 2 rings (SSSR count). The van der Waals surface area contributed by atoms with Gasteiger partial charge in [0.2, 0.25) is 0 Å². The third-order valence-corrected chi connectivity index (χ3v) is 3.91. The zero-order valence-electron chi connectivity index (χ0n) is 11.4. The average Bonchev–Trinajstić information content (AvgIpc) is 2.88. The molecule has 1 N–H and O–H groups in total. The van der Waals surface area contributed by atoms with Crippen molar-refractivity contribution in [1.29, 1.82) is 0 Å². The van der Waals surface area contributed by atoms with Crippen molar-refractivity contribution in [3.8, 4) is 0 Å². The molecule has 0 aliphatic carbocycles. The van der Waals surface area contributed by atoms with E-state index in [2.05, 4.69) is 12.2 Å². The lowest BCUT2D eigenvalue weighted by Gasteiger charge is -2.22. The SMILES string of the molecule is CCCCOC(C)C(=O)N1C[C@H]2CNC[C@H]2C1.Cl. The minimum atomic E-state index is -0.270. The van der Waals surface area contributed by atoms with E-state index in [1.54, 1.807) is 0 Å². The summed E-state index contributed by atoms with van der Waals surface area (Å²) in [4.78, 5) is 14.1. The van der Waals surface area contributed by atoms with Crippen molar-refractivity contribution in [3.05, 3.63) is 0 Å². The van der Waals surface area contributed by atoms with Gasteiger partial charge in [-0.15, -0.1) is 12.4 Å². The van der Waals surface area contributed by atoms with Gasteiger partial charge in [-0.3, -0.25) is 4.79 Å². The Morgan fingerprint density at radius 1 is 1.39 bits per heavy atom. The van der Waals surface area contributed by atoms with E-state index in [9.17, 15) is 4.79 Å². The van der Waals surface area contributed by atoms with E-state index in [-0.39, 0.29) is 24.4 Å². The van der Waals surface area contributed by atoms with Gasteiger partial charge in [-0.25, -0.2) is 0 Å². The first kappa shape index (κ1) is 15.7. The predicted octanol–water partition coefficient (Wildman–Crippen LogP) is 1.29. The third-order valence-electron chi connectivity index (χ3n) is 3.91. The minimum Gasteiger partial charge on any atom is -0.369 e. The molecular formula is C13H25ClN2O2. The van der Waals surface area contributed by atoms with Gasteiger partial charge in [0.05, 0.1) is 0 Å². The number of halogens is 1. The molecule has 2 aliphatic rings. The standard InChI is InChI=1S/C13H24N2O2.ClH/c1-3-4-5-17-10(2)13(16)15-8-11-6-14-7-12(11)9-15;/h10-12,14H,3-9H2,1-2H3;1H/t10?,11-,12+;. The van der Waals surface area contributed by atoms with E-state index in [1.165, 1.54) is 0 Å². The second-order valence-corrected chi connectivity index (χ2v) is 5.29. The zero-order valence-corrected chi connectivity index (χ0v) is 12.2. The monoisotopic (exact) mass is 276 g/mol. The fraction of sp³-hybridized carbons (Fsp3) is 0.923. The number of likely N-dealkylation sites (tertiary alicyclic amines) is 1. The summed E-state index contributed by atoms with van der Waals surface area (Å²) in [5.74, 6) is 1.51. The molecule has 0 spiro atoms. The molecule has 18 heavy (non-hydrogen) atoms. The quantitative estimate of drug-likeness (QED) is 0.770. The summed E-state index contributed by atoms with van der Waals surface area (Å²) in [6, 6.07) is 0. The smallest absolute Gasteiger partial charge is 0.251 e. The molecule has 0 aromatic carbocycles. The first-order valence-corrected chi connectivity index (χ1v) is 6.83. The molecule has 0 bridgehead atoms. The number of amides is 1. The van der Waals surface area contributed by atoms with E-state index < -0.39 is 0 Å². The molecule has 0 aromatic rings. The molecule has 106 valence electrons. The molecular weight excluding hydrogens is 252 g/mol. The van der Waals surface area contributed by atoms with Crippen molar-refractivity contribution in [2.45, 2.75) is 32.8 Å². The maximum absolute atomic E-state index is 12.2. The lowest BCUT2D eigenvalue weighted by molar-refractivity contribution is -0.141. The van der Waals surface area contributed by atoms with Gasteiger partial charge in [-0.1, -0.05) is 13.3 Å². The van der Waals surface area contributed by atoms with Crippen molar-refractivity contribution in [2.24, 2.45) is 11.8 Å². The Bertz CT molecular complexity index is 264. The summed E-state index contributed by atoms with van der Waals surface area (Å²) in [7, 11) is 0. The molecule has 2 aliphatic heterocycles. The molecule has 5 heteroatoms. The summed E-state index contributed by atoms with van der Waals surface area (Å²) in [5, 5.41) is 3.39. The van der Waals surface area contributed by atoms with Crippen LogP contribution in [0.4, 0.5) is 0 Å². The number of carbonyl (C=O) groups is 1. The lowest BCUT2D eigenvalue weighted by atomic mass is 10.0. The Hall–Kier alpha value is -0.320. The highest BCUT2D eigenvalue weighted by molar-refractivity contribution is 5.85. The van der Waals surface area contributed by atoms with E-state index in [4.69, 9.17) is 4.74 Å². The van der Waals surface area contributed by atoms with Gasteiger partial charge in [-0.05, 0) is 25.2 Å². The van der Waals surface area contributed by atoms with E-state index >= 15 is 0 Å². The maximum Gasteiger partial charge on any atom is 0.251 e. The van der Waals surface area contributed by atoms with E-state index in [0.29, 0.717) is 18.4 Å². The number of carbonyl (C=O) groups excluding carboxylic acids is 1. The summed E-state index contributed by atoms with van der Waals surface area (Å²) in [6.07, 6.45) is 1.88. The van der Waals surface area contributed by atoms with Gasteiger partial charge >= 0.3 is 0 Å². The van der Waals surface area contributed by atoms with Crippen LogP contribution in [0.1, 0.15) is 26.7 Å². The highest BCUT2D eigenvalue weighted by atomic mass is 35.5. The Labute approximate surface area is 116 Å². The van der Waals surface area contributed by atoms with Gasteiger partial charge in [0.15, 0.2) is 0 Å². The van der Waals surface area contributed by atoms with E-state index in [1.807, 2.05) is 11.8 Å². The first-order chi connectivity index (χ1) is 8.22. The van der Waals surface area contributed by atoms with Crippen LogP contribution in [0.25, 0.3) is 0 Å². The molecule has 2 fully saturated rings. The lowest BCUT2D eigenvalue weighted by Crippen LogP contribution is -2.39. The van der Waals surface area contributed by atoms with Crippen LogP contribution < -0.4 is 5.32 Å². The van der Waals surface area contributed by atoms with Crippen LogP contribution in [-0.2, 0) is 9.53 Å². The van der Waals surface area contributed by atoms with Crippen LogP contribution in [-0.4, -0.2) is 49.7 Å². The maximum atomic E-state index is 12.2. The van der Waals surface area contributed by atoms with Crippen LogP contribution in [0, 0.1) is 11.8 Å². The van der Waals surface area contributed by atoms with Crippen molar-refractivity contribution in [2.75, 3.05) is 32.8 Å². The fourth-order valence-corrected chi connectivity index (χ4v) is 2.77. The van der Waals surface area contributed by atoms with Crippen molar-refractivity contribution in [3.63, 3.8) is 0 Å². The summed E-state index contributed by atoms with van der Waals surface area (Å²) in [6.45, 7) is 8.68. The molecule has 0 radical (unpaired) electrons. The molecule has 2 heterocycles. The summed E-state index contributed by atoms with van der Waals surface area (Å²) < 4.78 is 5.57. The Morgan fingerprint density at radius 3 is 2.56 bits per heavy atom. The number of hydrogen-bond donors (Lipinski definition) is 1. The van der Waals surface area contributed by atoms with Crippen LogP contribution in [0.3, 0.4) is 0 Å². The highest BCUT2D eigenvalue weighted by Crippen LogP contribution is 2.26. The summed E-state index contributed by atoms with van der Waals surface area (Å²) >= 11 is 0. The Kier molecular flexibility index (Phi) is 6.39. The van der Waals surface area contributed by atoms with Crippen molar-refractivity contribution >= 4 is 18.3 Å². The fourth-order valence-electron chi connectivity index (χ4n) is 2.77. The zero-order chi connectivity index (χ0) is 12.3. The topological polar surface area (TPSA) is 41.6 Å². The minimum absolute atomic E-state index is 0. The second kappa shape index (κ2) is 7.31. The average molecular weight is 277 g/mol. The van der Waals surface area contributed by atoms with Gasteiger partial charge in [0.25, 0.3) is 5.91 Å². The van der Waals surface area contributed by atoms with Crippen LogP contribution in [0.5, 0.6) is 0 Å². The highest BCUT2D eigenvalue weighted by Gasteiger charge is 2.39. The number of rotatable bonds is 5. The number of unbranched alkanes of at least 4 members (excludes halogenated alkanes) is 1. The summed E-state index contributed by atoms with van der Waals surface area (Å²) in [5.41, 5.74) is 0. The van der Waals surface area contributed by atoms with Gasteiger partial charge in [-0.2, -0.15) is 0 Å². The Balaban J connectivity index is 0.00000162. The van der Waals surface area contributed by atoms with Crippen LogP contribution in [0.15, 0.2) is 0 Å². The molecule has 0 aromatic heterocycles. The number of hydrogen-bond acceptors (Lipinski definition) is 3. The third kappa shape index (κ3) is 3.59. The van der Waals surface area contributed by atoms with Crippen molar-refractivity contribution < 1.29 is 9.53 Å². The number of fused-ring (bicyclic) bond motifs is 1. The van der Waals surface area contributed by atoms with Gasteiger partial charge in [0.1, 0.15) is 6.10 Å². The number of nitrogens with zero attached hydrogens (tertiary/aromatic N) is 1. The first-order valence-electron chi connectivity index (χ1n) is 6.83. The van der Waals surface area contributed by atoms with E-state index in [0.717, 1.165) is 39.0 Å². The number of nitrogens with one attached hydrogen (secondary N) is 1. The molecule has 1 unspecified atom stereocenters. The molecule has 3 atom stereocenters. The molecule has 1 amide bonds. The largest absolute Gasteiger partial charge is 0.369 e. The second-order valence-electron chi connectivity index (χ2n) is 5.29. The van der Waals surface area contributed by atoms with Gasteiger partial charge in [0, 0.05) is 32.8 Å².